The average molecular weight is 296 g/mol. The highest BCUT2D eigenvalue weighted by molar-refractivity contribution is 5.64. The van der Waals surface area contributed by atoms with Crippen LogP contribution in [0.25, 0.3) is 5.70 Å². The van der Waals surface area contributed by atoms with E-state index in [4.69, 9.17) is 0 Å². The van der Waals surface area contributed by atoms with Crippen LogP contribution in [0, 0.1) is 6.92 Å². The van der Waals surface area contributed by atoms with Gasteiger partial charge in [0.05, 0.1) is 11.4 Å². The van der Waals surface area contributed by atoms with Gasteiger partial charge < -0.3 is 4.90 Å². The summed E-state index contributed by atoms with van der Waals surface area (Å²) in [5, 5.41) is 0. The van der Waals surface area contributed by atoms with Crippen LogP contribution < -0.4 is 0 Å². The van der Waals surface area contributed by atoms with Gasteiger partial charge in [0.15, 0.2) is 0 Å². The van der Waals surface area contributed by atoms with Crippen molar-refractivity contribution in [2.24, 2.45) is 0 Å². The summed E-state index contributed by atoms with van der Waals surface area (Å²) in [5.41, 5.74) is -0.384. The Hall–Kier alpha value is -1.73. The lowest BCUT2D eigenvalue weighted by Gasteiger charge is -2.42. The number of pyridine rings is 1. The predicted molar refractivity (Wildman–Crippen MR) is 59.6 cm³/mol. The molecule has 0 atom stereocenters. The third kappa shape index (κ3) is 1.85. The smallest absolute Gasteiger partial charge is 0.309 e. The second-order valence-corrected chi connectivity index (χ2v) is 4.55. The minimum atomic E-state index is -5.50. The number of hydrogen-bond donors (Lipinski definition) is 0. The summed E-state index contributed by atoms with van der Waals surface area (Å²) in [6.07, 6.45) is 1.05. The zero-order chi connectivity index (χ0) is 15.3. The van der Waals surface area contributed by atoms with Crippen LogP contribution in [0.2, 0.25) is 0 Å². The Morgan fingerprint density at radius 2 is 1.70 bits per heavy atom. The SMILES string of the molecule is Cc1ccnc(C2=CC(F)(F)C(F)(F)C(F)(F)N2C)c1. The highest BCUT2D eigenvalue weighted by Gasteiger charge is 2.75. The maximum absolute atomic E-state index is 13.5. The number of hydrogen-bond acceptors (Lipinski definition) is 2. The van der Waals surface area contributed by atoms with Crippen LogP contribution in [-0.2, 0) is 0 Å². The Balaban J connectivity index is 2.63. The molecule has 1 aliphatic heterocycles. The first-order valence-corrected chi connectivity index (χ1v) is 5.54. The monoisotopic (exact) mass is 296 g/mol. The maximum atomic E-state index is 13.5. The van der Waals surface area contributed by atoms with Gasteiger partial charge >= 0.3 is 17.9 Å². The standard InChI is InChI=1S/C12H10F6N2/c1-7-3-4-19-8(5-7)9-6-10(13,14)11(15,16)12(17,18)20(9)2/h3-6H,1-2H3. The third-order valence-electron chi connectivity index (χ3n) is 3.07. The molecule has 0 amide bonds. The van der Waals surface area contributed by atoms with Crippen molar-refractivity contribution in [3.8, 4) is 0 Å². The molecule has 0 unspecified atom stereocenters. The van der Waals surface area contributed by atoms with Crippen molar-refractivity contribution in [3.63, 3.8) is 0 Å². The molecule has 8 heteroatoms. The van der Waals surface area contributed by atoms with E-state index in [0.29, 0.717) is 12.6 Å². The highest BCUT2D eigenvalue weighted by atomic mass is 19.3. The van der Waals surface area contributed by atoms with Crippen LogP contribution in [0.1, 0.15) is 11.3 Å². The zero-order valence-electron chi connectivity index (χ0n) is 10.5. The molecule has 0 N–H and O–H groups in total. The van der Waals surface area contributed by atoms with E-state index in [9.17, 15) is 26.3 Å². The third-order valence-corrected chi connectivity index (χ3v) is 3.07. The molecule has 1 aliphatic rings. The van der Waals surface area contributed by atoms with Gasteiger partial charge in [-0.3, -0.25) is 4.98 Å². The van der Waals surface area contributed by atoms with Gasteiger partial charge in [-0.1, -0.05) is 0 Å². The minimum absolute atomic E-state index is 0.174. The number of rotatable bonds is 1. The number of aromatic nitrogens is 1. The molecule has 2 rings (SSSR count). The summed E-state index contributed by atoms with van der Waals surface area (Å²) in [7, 11) is 0.624. The summed E-state index contributed by atoms with van der Waals surface area (Å²) in [6.45, 7) is 1.60. The highest BCUT2D eigenvalue weighted by Crippen LogP contribution is 2.53. The van der Waals surface area contributed by atoms with Crippen LogP contribution in [0.4, 0.5) is 26.3 Å². The van der Waals surface area contributed by atoms with Crippen molar-refractivity contribution < 1.29 is 26.3 Å². The van der Waals surface area contributed by atoms with Crippen molar-refractivity contribution >= 4 is 5.70 Å². The maximum Gasteiger partial charge on any atom is 0.395 e. The average Bonchev–Trinajstić information content (AvgIpc) is 2.33. The lowest BCUT2D eigenvalue weighted by Crippen LogP contribution is -2.63. The van der Waals surface area contributed by atoms with Crippen molar-refractivity contribution in [2.75, 3.05) is 7.05 Å². The molecule has 2 heterocycles. The molecule has 1 aromatic rings. The van der Waals surface area contributed by atoms with E-state index in [1.165, 1.54) is 18.3 Å². The number of aryl methyl sites for hydroxylation is 1. The first kappa shape index (κ1) is 14.7. The lowest BCUT2D eigenvalue weighted by molar-refractivity contribution is -0.335. The molecular weight excluding hydrogens is 286 g/mol. The number of allylic oxidation sites excluding steroid dienone is 1. The van der Waals surface area contributed by atoms with Crippen LogP contribution in [0.3, 0.4) is 0 Å². The molecule has 0 aromatic carbocycles. The largest absolute Gasteiger partial charge is 0.395 e. The van der Waals surface area contributed by atoms with Gasteiger partial charge in [-0.05, 0) is 24.6 Å². The van der Waals surface area contributed by atoms with Crippen molar-refractivity contribution in [1.82, 2.24) is 9.88 Å². The molecule has 1 aromatic heterocycles. The van der Waals surface area contributed by atoms with E-state index in [-0.39, 0.29) is 16.7 Å². The summed E-state index contributed by atoms with van der Waals surface area (Å²) in [5.74, 6) is -10.5. The van der Waals surface area contributed by atoms with Crippen LogP contribution in [0.15, 0.2) is 24.4 Å². The topological polar surface area (TPSA) is 16.1 Å². The van der Waals surface area contributed by atoms with Gasteiger partial charge in [-0.25, -0.2) is 0 Å². The van der Waals surface area contributed by atoms with E-state index in [1.807, 2.05) is 0 Å². The number of nitrogens with zero attached hydrogens (tertiary/aromatic N) is 2. The molecule has 0 saturated heterocycles. The van der Waals surface area contributed by atoms with Crippen molar-refractivity contribution in [3.05, 3.63) is 35.7 Å². The van der Waals surface area contributed by atoms with Crippen molar-refractivity contribution in [2.45, 2.75) is 24.8 Å². The molecule has 0 bridgehead atoms. The van der Waals surface area contributed by atoms with Gasteiger partial charge in [-0.15, -0.1) is 0 Å². The second-order valence-electron chi connectivity index (χ2n) is 4.55. The minimum Gasteiger partial charge on any atom is -0.309 e. The molecular formula is C12H10F6N2. The normalized spacial score (nSPS) is 23.4. The van der Waals surface area contributed by atoms with E-state index >= 15 is 0 Å². The van der Waals surface area contributed by atoms with Gasteiger partial charge in [0, 0.05) is 19.3 Å². The Morgan fingerprint density at radius 1 is 1.10 bits per heavy atom. The summed E-state index contributed by atoms with van der Waals surface area (Å²) in [6, 6.07) is -2.23. The predicted octanol–water partition coefficient (Wildman–Crippen LogP) is 3.54. The van der Waals surface area contributed by atoms with E-state index in [0.717, 1.165) is 0 Å². The summed E-state index contributed by atoms with van der Waals surface area (Å²) >= 11 is 0. The molecule has 0 spiro atoms. The first-order valence-electron chi connectivity index (χ1n) is 5.54. The molecule has 0 fully saturated rings. The fourth-order valence-electron chi connectivity index (χ4n) is 1.84. The fraction of sp³-hybridized carbons (Fsp3) is 0.417. The molecule has 2 nitrogen and oxygen atoms in total. The quantitative estimate of drug-likeness (QED) is 0.582. The Morgan fingerprint density at radius 3 is 2.25 bits per heavy atom. The summed E-state index contributed by atoms with van der Waals surface area (Å²) in [4.78, 5) is 3.50. The fourth-order valence-corrected chi connectivity index (χ4v) is 1.84. The Bertz CT molecular complexity index is 567. The van der Waals surface area contributed by atoms with Gasteiger partial charge in [0.25, 0.3) is 0 Å². The van der Waals surface area contributed by atoms with Gasteiger partial charge in [-0.2, -0.15) is 26.3 Å². The second kappa shape index (κ2) is 4.13. The van der Waals surface area contributed by atoms with Crippen LogP contribution in [0.5, 0.6) is 0 Å². The van der Waals surface area contributed by atoms with Gasteiger partial charge in [0.2, 0.25) is 0 Å². The molecule has 110 valence electrons. The zero-order valence-corrected chi connectivity index (χ0v) is 10.5. The van der Waals surface area contributed by atoms with Crippen LogP contribution >= 0.6 is 0 Å². The van der Waals surface area contributed by atoms with Crippen molar-refractivity contribution in [1.29, 1.82) is 0 Å². The number of halogens is 6. The molecule has 0 aliphatic carbocycles. The van der Waals surface area contributed by atoms with E-state index in [2.05, 4.69) is 4.98 Å². The summed E-state index contributed by atoms with van der Waals surface area (Å²) < 4.78 is 80.1. The van der Waals surface area contributed by atoms with Crippen LogP contribution in [-0.4, -0.2) is 34.8 Å². The number of alkyl halides is 6. The molecule has 0 radical (unpaired) electrons. The molecule has 20 heavy (non-hydrogen) atoms. The van der Waals surface area contributed by atoms with E-state index in [1.54, 1.807) is 6.92 Å². The molecule has 0 saturated carbocycles. The van der Waals surface area contributed by atoms with Gasteiger partial charge in [0.1, 0.15) is 0 Å². The Kier molecular flexibility index (Phi) is 3.03. The first-order chi connectivity index (χ1) is 9.00. The lowest BCUT2D eigenvalue weighted by atomic mass is 10.00. The van der Waals surface area contributed by atoms with E-state index < -0.39 is 23.6 Å². The Labute approximate surface area is 110 Å².